The van der Waals surface area contributed by atoms with Crippen LogP contribution < -0.4 is 10.1 Å². The van der Waals surface area contributed by atoms with Gasteiger partial charge in [0.25, 0.3) is 5.69 Å². The predicted octanol–water partition coefficient (Wildman–Crippen LogP) is 3.87. The second-order valence-corrected chi connectivity index (χ2v) is 6.05. The maximum absolute atomic E-state index is 12.1. The van der Waals surface area contributed by atoms with E-state index >= 15 is 0 Å². The number of methoxy groups -OCH3 is 1. The SMILES string of the molecule is COc1ccc([N+](=O)[O-])cc1NC(=O)/C=C/c1nc2ccccc2s1. The molecule has 0 radical (unpaired) electrons. The molecular formula is C17H13N3O4S. The summed E-state index contributed by atoms with van der Waals surface area (Å²) in [5, 5.41) is 14.1. The Balaban J connectivity index is 1.77. The molecule has 0 aliphatic heterocycles. The first-order chi connectivity index (χ1) is 12.1. The van der Waals surface area contributed by atoms with E-state index in [1.807, 2.05) is 24.3 Å². The largest absolute Gasteiger partial charge is 0.495 e. The van der Waals surface area contributed by atoms with Gasteiger partial charge >= 0.3 is 0 Å². The van der Waals surface area contributed by atoms with E-state index < -0.39 is 10.8 Å². The zero-order valence-corrected chi connectivity index (χ0v) is 13.9. The molecular weight excluding hydrogens is 342 g/mol. The normalized spacial score (nSPS) is 10.9. The predicted molar refractivity (Wildman–Crippen MR) is 96.9 cm³/mol. The maximum Gasteiger partial charge on any atom is 0.271 e. The van der Waals surface area contributed by atoms with E-state index in [0.29, 0.717) is 10.8 Å². The molecule has 126 valence electrons. The fourth-order valence-corrected chi connectivity index (χ4v) is 3.06. The Morgan fingerprint density at radius 2 is 2.12 bits per heavy atom. The molecule has 3 rings (SSSR count). The van der Waals surface area contributed by atoms with Crippen molar-refractivity contribution in [2.45, 2.75) is 0 Å². The molecule has 0 saturated heterocycles. The number of hydrogen-bond acceptors (Lipinski definition) is 6. The molecule has 1 aromatic heterocycles. The molecule has 0 unspecified atom stereocenters. The Morgan fingerprint density at radius 3 is 2.84 bits per heavy atom. The molecule has 7 nitrogen and oxygen atoms in total. The van der Waals surface area contributed by atoms with Gasteiger partial charge in [-0.05, 0) is 24.3 Å². The summed E-state index contributed by atoms with van der Waals surface area (Å²) in [5.41, 5.74) is 0.967. The monoisotopic (exact) mass is 355 g/mol. The summed E-state index contributed by atoms with van der Waals surface area (Å²) in [6.07, 6.45) is 2.93. The van der Waals surface area contributed by atoms with Crippen LogP contribution in [0.4, 0.5) is 11.4 Å². The number of thiazole rings is 1. The molecule has 25 heavy (non-hydrogen) atoms. The summed E-state index contributed by atoms with van der Waals surface area (Å²) in [7, 11) is 1.42. The summed E-state index contributed by atoms with van der Waals surface area (Å²) in [4.78, 5) is 26.8. The van der Waals surface area contributed by atoms with E-state index in [0.717, 1.165) is 10.2 Å². The molecule has 1 heterocycles. The molecule has 0 saturated carbocycles. The van der Waals surface area contributed by atoms with Gasteiger partial charge in [0.1, 0.15) is 10.8 Å². The molecule has 2 aromatic carbocycles. The first-order valence-electron chi connectivity index (χ1n) is 7.24. The van der Waals surface area contributed by atoms with Crippen LogP contribution in [0.1, 0.15) is 5.01 Å². The molecule has 0 fully saturated rings. The van der Waals surface area contributed by atoms with E-state index in [1.54, 1.807) is 6.08 Å². The van der Waals surface area contributed by atoms with Crippen molar-refractivity contribution in [3.8, 4) is 5.75 Å². The molecule has 0 spiro atoms. The van der Waals surface area contributed by atoms with Gasteiger partial charge in [0, 0.05) is 18.2 Å². The second-order valence-electron chi connectivity index (χ2n) is 4.98. The molecule has 1 amide bonds. The molecule has 0 bridgehead atoms. The van der Waals surface area contributed by atoms with Crippen LogP contribution in [-0.4, -0.2) is 22.9 Å². The number of amides is 1. The fraction of sp³-hybridized carbons (Fsp3) is 0.0588. The van der Waals surface area contributed by atoms with Crippen molar-refractivity contribution in [2.24, 2.45) is 0 Å². The maximum atomic E-state index is 12.1. The van der Waals surface area contributed by atoms with E-state index in [-0.39, 0.29) is 11.4 Å². The number of hydrogen-bond donors (Lipinski definition) is 1. The third-order valence-electron chi connectivity index (χ3n) is 3.34. The fourth-order valence-electron chi connectivity index (χ4n) is 2.19. The van der Waals surface area contributed by atoms with Crippen molar-refractivity contribution in [1.29, 1.82) is 0 Å². The zero-order valence-electron chi connectivity index (χ0n) is 13.1. The zero-order chi connectivity index (χ0) is 17.8. The highest BCUT2D eigenvalue weighted by Crippen LogP contribution is 2.29. The molecule has 1 N–H and O–H groups in total. The van der Waals surface area contributed by atoms with Gasteiger partial charge in [-0.2, -0.15) is 0 Å². The van der Waals surface area contributed by atoms with Crippen molar-refractivity contribution < 1.29 is 14.5 Å². The lowest BCUT2D eigenvalue weighted by atomic mass is 10.2. The lowest BCUT2D eigenvalue weighted by molar-refractivity contribution is -0.384. The first-order valence-corrected chi connectivity index (χ1v) is 8.05. The molecule has 3 aromatic rings. The quantitative estimate of drug-likeness (QED) is 0.426. The van der Waals surface area contributed by atoms with Crippen LogP contribution in [0.3, 0.4) is 0 Å². The number of rotatable bonds is 5. The Kier molecular flexibility index (Phi) is 4.71. The number of carbonyl (C=O) groups excluding carboxylic acids is 1. The van der Waals surface area contributed by atoms with Crippen LogP contribution in [0.2, 0.25) is 0 Å². The average Bonchev–Trinajstić information content (AvgIpc) is 3.03. The number of nitrogens with zero attached hydrogens (tertiary/aromatic N) is 2. The van der Waals surface area contributed by atoms with Crippen molar-refractivity contribution in [2.75, 3.05) is 12.4 Å². The van der Waals surface area contributed by atoms with Gasteiger partial charge in [0.2, 0.25) is 5.91 Å². The van der Waals surface area contributed by atoms with Gasteiger partial charge in [-0.15, -0.1) is 11.3 Å². The van der Waals surface area contributed by atoms with Crippen LogP contribution in [0.15, 0.2) is 48.5 Å². The highest BCUT2D eigenvalue weighted by molar-refractivity contribution is 7.19. The minimum atomic E-state index is -0.536. The topological polar surface area (TPSA) is 94.4 Å². The Labute approximate surface area is 146 Å². The van der Waals surface area contributed by atoms with Crippen LogP contribution in [0, 0.1) is 10.1 Å². The van der Waals surface area contributed by atoms with E-state index in [2.05, 4.69) is 10.3 Å². The van der Waals surface area contributed by atoms with Gasteiger partial charge in [0.15, 0.2) is 0 Å². The van der Waals surface area contributed by atoms with E-state index in [4.69, 9.17) is 4.74 Å². The van der Waals surface area contributed by atoms with Crippen molar-refractivity contribution in [1.82, 2.24) is 4.98 Å². The summed E-state index contributed by atoms with van der Waals surface area (Å²) >= 11 is 1.47. The minimum absolute atomic E-state index is 0.133. The summed E-state index contributed by atoms with van der Waals surface area (Å²) in [5.74, 6) is -0.0922. The smallest absolute Gasteiger partial charge is 0.271 e. The summed E-state index contributed by atoms with van der Waals surface area (Å²) in [6.45, 7) is 0. The number of nitro benzene ring substituents is 1. The number of non-ortho nitro benzene ring substituents is 1. The van der Waals surface area contributed by atoms with Crippen LogP contribution in [-0.2, 0) is 4.79 Å². The summed E-state index contributed by atoms with van der Waals surface area (Å²) in [6, 6.07) is 11.7. The van der Waals surface area contributed by atoms with Crippen molar-refractivity contribution >= 4 is 44.9 Å². The van der Waals surface area contributed by atoms with Gasteiger partial charge in [-0.3, -0.25) is 14.9 Å². The number of aromatic nitrogens is 1. The highest BCUT2D eigenvalue weighted by atomic mass is 32.1. The number of carbonyl (C=O) groups is 1. The number of fused-ring (bicyclic) bond motifs is 1. The van der Waals surface area contributed by atoms with Gasteiger partial charge in [-0.1, -0.05) is 12.1 Å². The van der Waals surface area contributed by atoms with Crippen LogP contribution in [0.5, 0.6) is 5.75 Å². The highest BCUT2D eigenvalue weighted by Gasteiger charge is 2.12. The number of nitro groups is 1. The first kappa shape index (κ1) is 16.6. The number of ether oxygens (including phenoxy) is 1. The standard InChI is InChI=1S/C17H13N3O4S/c1-24-14-7-6-11(20(22)23)10-13(14)18-16(21)8-9-17-19-12-4-2-3-5-15(12)25-17/h2-10H,1H3,(H,18,21)/b9-8+. The molecule has 0 atom stereocenters. The summed E-state index contributed by atoms with van der Waals surface area (Å²) < 4.78 is 6.14. The van der Waals surface area contributed by atoms with E-state index in [1.165, 1.54) is 42.7 Å². The van der Waals surface area contributed by atoms with Crippen LogP contribution >= 0.6 is 11.3 Å². The van der Waals surface area contributed by atoms with Gasteiger partial charge < -0.3 is 10.1 Å². The van der Waals surface area contributed by atoms with Crippen molar-refractivity contribution in [3.63, 3.8) is 0 Å². The molecule has 8 heteroatoms. The number of benzene rings is 2. The molecule has 0 aliphatic carbocycles. The second kappa shape index (κ2) is 7.10. The van der Waals surface area contributed by atoms with Crippen molar-refractivity contribution in [3.05, 3.63) is 63.7 Å². The van der Waals surface area contributed by atoms with Gasteiger partial charge in [-0.25, -0.2) is 4.98 Å². The van der Waals surface area contributed by atoms with E-state index in [9.17, 15) is 14.9 Å². The number of para-hydroxylation sites is 1. The Hall–Kier alpha value is -3.26. The number of anilines is 1. The lowest BCUT2D eigenvalue weighted by Gasteiger charge is -2.08. The average molecular weight is 355 g/mol. The Morgan fingerprint density at radius 1 is 1.32 bits per heavy atom. The third kappa shape index (κ3) is 3.81. The van der Waals surface area contributed by atoms with Crippen LogP contribution in [0.25, 0.3) is 16.3 Å². The Bertz CT molecular complexity index is 948. The molecule has 0 aliphatic rings. The minimum Gasteiger partial charge on any atom is -0.495 e. The number of nitrogens with one attached hydrogen (secondary N) is 1. The lowest BCUT2D eigenvalue weighted by Crippen LogP contribution is -2.09. The third-order valence-corrected chi connectivity index (χ3v) is 4.34. The van der Waals surface area contributed by atoms with Gasteiger partial charge in [0.05, 0.1) is 27.9 Å².